The van der Waals surface area contributed by atoms with Gasteiger partial charge in [0, 0.05) is 6.08 Å². The molecule has 44 valence electrons. The maximum absolute atomic E-state index is 10.2. The zero-order valence-corrected chi connectivity index (χ0v) is 4.20. The Morgan fingerprint density at radius 2 is 2.62 bits per heavy atom. The average Bonchev–Trinajstić information content (AvgIpc) is 2.14. The van der Waals surface area contributed by atoms with Gasteiger partial charge >= 0.3 is 5.97 Å². The molecule has 0 aliphatic carbocycles. The highest BCUT2D eigenvalue weighted by Crippen LogP contribution is 2.02. The summed E-state index contributed by atoms with van der Waals surface area (Å²) in [6.45, 7) is -0.123. The number of cyclic esters (lactones) is 1. The molecule has 3 heteroatoms. The number of hydrogen-bond donors (Lipinski definition) is 1. The fraction of sp³-hybridized carbons (Fsp3) is 0.400. The van der Waals surface area contributed by atoms with Crippen LogP contribution >= 0.6 is 0 Å². The van der Waals surface area contributed by atoms with Gasteiger partial charge in [0.1, 0.15) is 6.10 Å². The number of esters is 1. The predicted octanol–water partition coefficient (Wildman–Crippen LogP) is -0.540. The molecular weight excluding hydrogens is 108 g/mol. The molecule has 0 aromatic carbocycles. The zero-order chi connectivity index (χ0) is 5.98. The topological polar surface area (TPSA) is 46.5 Å². The van der Waals surface area contributed by atoms with E-state index in [9.17, 15) is 4.79 Å². The van der Waals surface area contributed by atoms with Gasteiger partial charge in [-0.3, -0.25) is 0 Å². The first-order valence-corrected chi connectivity index (χ1v) is 2.32. The minimum atomic E-state index is -0.400. The van der Waals surface area contributed by atoms with Gasteiger partial charge in [-0.2, -0.15) is 0 Å². The van der Waals surface area contributed by atoms with Crippen LogP contribution in [0, 0.1) is 0 Å². The SMILES string of the molecule is O=C1C=CC(CO)O1. The van der Waals surface area contributed by atoms with Crippen LogP contribution in [0.5, 0.6) is 0 Å². The Morgan fingerprint density at radius 3 is 2.88 bits per heavy atom. The fourth-order valence-corrected chi connectivity index (χ4v) is 0.512. The number of aliphatic hydroxyl groups is 1. The van der Waals surface area contributed by atoms with E-state index in [-0.39, 0.29) is 12.6 Å². The molecule has 0 bridgehead atoms. The van der Waals surface area contributed by atoms with Gasteiger partial charge < -0.3 is 9.84 Å². The van der Waals surface area contributed by atoms with Crippen molar-refractivity contribution in [2.45, 2.75) is 6.10 Å². The lowest BCUT2D eigenvalue weighted by molar-refractivity contribution is -0.139. The van der Waals surface area contributed by atoms with Crippen LogP contribution in [0.4, 0.5) is 0 Å². The third-order valence-corrected chi connectivity index (χ3v) is 0.894. The van der Waals surface area contributed by atoms with Gasteiger partial charge in [-0.1, -0.05) is 0 Å². The molecule has 0 saturated carbocycles. The Balaban J connectivity index is 2.46. The van der Waals surface area contributed by atoms with Crippen molar-refractivity contribution in [3.8, 4) is 0 Å². The minimum Gasteiger partial charge on any atom is -0.452 e. The highest BCUT2D eigenvalue weighted by Gasteiger charge is 2.13. The van der Waals surface area contributed by atoms with Crippen LogP contribution in [0.2, 0.25) is 0 Å². The molecule has 0 aromatic rings. The number of carbonyl (C=O) groups excluding carboxylic acids is 1. The van der Waals surface area contributed by atoms with Gasteiger partial charge in [-0.15, -0.1) is 0 Å². The first-order valence-electron chi connectivity index (χ1n) is 2.32. The molecule has 1 rings (SSSR count). The first kappa shape index (κ1) is 5.31. The van der Waals surface area contributed by atoms with E-state index in [1.165, 1.54) is 12.2 Å². The molecule has 1 atom stereocenters. The van der Waals surface area contributed by atoms with Crippen LogP contribution < -0.4 is 0 Å². The number of rotatable bonds is 1. The fourth-order valence-electron chi connectivity index (χ4n) is 0.512. The summed E-state index contributed by atoms with van der Waals surface area (Å²) in [7, 11) is 0. The average molecular weight is 114 g/mol. The second-order valence-electron chi connectivity index (χ2n) is 1.52. The number of aliphatic hydroxyl groups excluding tert-OH is 1. The quantitative estimate of drug-likeness (QED) is 0.466. The Hall–Kier alpha value is -0.830. The Bertz CT molecular complexity index is 128. The second-order valence-corrected chi connectivity index (χ2v) is 1.52. The van der Waals surface area contributed by atoms with E-state index in [1.54, 1.807) is 0 Å². The van der Waals surface area contributed by atoms with E-state index < -0.39 is 6.10 Å². The summed E-state index contributed by atoms with van der Waals surface area (Å²) in [5, 5.41) is 8.36. The predicted molar refractivity (Wildman–Crippen MR) is 26.1 cm³/mol. The lowest BCUT2D eigenvalue weighted by atomic mass is 10.4. The number of hydrogen-bond acceptors (Lipinski definition) is 3. The van der Waals surface area contributed by atoms with Crippen molar-refractivity contribution in [2.24, 2.45) is 0 Å². The van der Waals surface area contributed by atoms with Crippen molar-refractivity contribution in [1.29, 1.82) is 0 Å². The van der Waals surface area contributed by atoms with Crippen molar-refractivity contribution in [2.75, 3.05) is 6.61 Å². The van der Waals surface area contributed by atoms with Crippen molar-refractivity contribution < 1.29 is 14.6 Å². The van der Waals surface area contributed by atoms with E-state index >= 15 is 0 Å². The monoisotopic (exact) mass is 114 g/mol. The number of carbonyl (C=O) groups is 1. The highest BCUT2D eigenvalue weighted by molar-refractivity contribution is 5.84. The van der Waals surface area contributed by atoms with E-state index in [1.807, 2.05) is 0 Å². The maximum Gasteiger partial charge on any atom is 0.331 e. The molecule has 3 nitrogen and oxygen atoms in total. The first-order chi connectivity index (χ1) is 3.83. The summed E-state index contributed by atoms with van der Waals surface area (Å²) in [4.78, 5) is 10.2. The van der Waals surface area contributed by atoms with Crippen LogP contribution in [0.25, 0.3) is 0 Å². The normalized spacial score (nSPS) is 26.1. The van der Waals surface area contributed by atoms with Crippen LogP contribution in [-0.4, -0.2) is 23.8 Å². The summed E-state index contributed by atoms with van der Waals surface area (Å²) in [6.07, 6.45) is 2.44. The van der Waals surface area contributed by atoms with Crippen molar-refractivity contribution >= 4 is 5.97 Å². The molecule has 0 fully saturated rings. The summed E-state index contributed by atoms with van der Waals surface area (Å²) in [5.41, 5.74) is 0. The van der Waals surface area contributed by atoms with Gasteiger partial charge in [0.15, 0.2) is 0 Å². The summed E-state index contributed by atoms with van der Waals surface area (Å²) < 4.78 is 4.51. The third kappa shape index (κ3) is 0.869. The molecule has 1 heterocycles. The molecule has 1 unspecified atom stereocenters. The standard InChI is InChI=1S/C5H6O3/c6-3-4-1-2-5(7)8-4/h1-2,4,6H,3H2. The molecule has 0 spiro atoms. The molecule has 0 saturated heterocycles. The molecule has 8 heavy (non-hydrogen) atoms. The van der Waals surface area contributed by atoms with Gasteiger partial charge in [0.25, 0.3) is 0 Å². The molecule has 1 aliphatic heterocycles. The van der Waals surface area contributed by atoms with E-state index in [0.29, 0.717) is 0 Å². The summed E-state index contributed by atoms with van der Waals surface area (Å²) in [6, 6.07) is 0. The van der Waals surface area contributed by atoms with E-state index in [0.717, 1.165) is 0 Å². The molecule has 0 radical (unpaired) electrons. The van der Waals surface area contributed by atoms with Crippen molar-refractivity contribution in [3.63, 3.8) is 0 Å². The van der Waals surface area contributed by atoms with E-state index in [4.69, 9.17) is 5.11 Å². The summed E-state index contributed by atoms with van der Waals surface area (Å²) in [5.74, 6) is -0.371. The van der Waals surface area contributed by atoms with Crippen molar-refractivity contribution in [3.05, 3.63) is 12.2 Å². The Kier molecular flexibility index (Phi) is 1.30. The molecule has 0 aromatic heterocycles. The van der Waals surface area contributed by atoms with Gasteiger partial charge in [0.05, 0.1) is 6.61 Å². The van der Waals surface area contributed by atoms with E-state index in [2.05, 4.69) is 4.74 Å². The van der Waals surface area contributed by atoms with Gasteiger partial charge in [0.2, 0.25) is 0 Å². The molecule has 0 amide bonds. The Labute approximate surface area is 46.6 Å². The van der Waals surface area contributed by atoms with Crippen LogP contribution in [0.1, 0.15) is 0 Å². The van der Waals surface area contributed by atoms with Gasteiger partial charge in [-0.25, -0.2) is 4.79 Å². The molecule has 1 aliphatic rings. The molecule has 1 N–H and O–H groups in total. The van der Waals surface area contributed by atoms with Crippen LogP contribution in [0.15, 0.2) is 12.2 Å². The Morgan fingerprint density at radius 1 is 1.88 bits per heavy atom. The van der Waals surface area contributed by atoms with Crippen LogP contribution in [-0.2, 0) is 9.53 Å². The smallest absolute Gasteiger partial charge is 0.331 e. The zero-order valence-electron chi connectivity index (χ0n) is 4.20. The molecular formula is C5H6O3. The lowest BCUT2D eigenvalue weighted by Crippen LogP contribution is -2.11. The number of ether oxygens (including phenoxy) is 1. The summed E-state index contributed by atoms with van der Waals surface area (Å²) >= 11 is 0. The van der Waals surface area contributed by atoms with Crippen molar-refractivity contribution in [1.82, 2.24) is 0 Å². The van der Waals surface area contributed by atoms with Crippen LogP contribution in [0.3, 0.4) is 0 Å². The largest absolute Gasteiger partial charge is 0.452 e. The highest BCUT2D eigenvalue weighted by atomic mass is 16.6. The lowest BCUT2D eigenvalue weighted by Gasteiger charge is -2.00. The van der Waals surface area contributed by atoms with Gasteiger partial charge in [-0.05, 0) is 6.08 Å². The minimum absolute atomic E-state index is 0.123. The third-order valence-electron chi connectivity index (χ3n) is 0.894. The maximum atomic E-state index is 10.2. The second kappa shape index (κ2) is 1.96.